The van der Waals surface area contributed by atoms with Crippen molar-refractivity contribution >= 4 is 21.9 Å². The van der Waals surface area contributed by atoms with E-state index in [0.717, 1.165) is 29.7 Å². The van der Waals surface area contributed by atoms with Crippen molar-refractivity contribution < 1.29 is 9.53 Å². The van der Waals surface area contributed by atoms with Crippen LogP contribution in [0.4, 0.5) is 0 Å². The predicted octanol–water partition coefficient (Wildman–Crippen LogP) is 3.22. The quantitative estimate of drug-likeness (QED) is 0.800. The fraction of sp³-hybridized carbons (Fsp3) is 0.500. The first-order chi connectivity index (χ1) is 8.69. The number of rotatable bonds is 4. The van der Waals surface area contributed by atoms with Crippen LogP contribution in [0.3, 0.4) is 0 Å². The number of ether oxygens (including phenoxy) is 1. The molecular weight excluding hydrogens is 294 g/mol. The Balaban J connectivity index is 2.12. The smallest absolute Gasteiger partial charge is 0.338 e. The second kappa shape index (κ2) is 6.34. The molecule has 0 bridgehead atoms. The molecule has 0 atom stereocenters. The van der Waals surface area contributed by atoms with Gasteiger partial charge in [-0.2, -0.15) is 0 Å². The van der Waals surface area contributed by atoms with E-state index in [2.05, 4.69) is 26.9 Å². The second-order valence-electron chi connectivity index (χ2n) is 4.55. The number of nitrogens with zero attached hydrogens (tertiary/aromatic N) is 1. The van der Waals surface area contributed by atoms with Crippen molar-refractivity contribution in [1.82, 2.24) is 4.90 Å². The molecule has 18 heavy (non-hydrogen) atoms. The number of benzene rings is 1. The van der Waals surface area contributed by atoms with Gasteiger partial charge in [0.2, 0.25) is 0 Å². The van der Waals surface area contributed by atoms with Gasteiger partial charge in [0.1, 0.15) is 0 Å². The number of likely N-dealkylation sites (tertiary alicyclic amines) is 1. The molecule has 0 aromatic heterocycles. The number of hydrogen-bond donors (Lipinski definition) is 0. The van der Waals surface area contributed by atoms with E-state index in [1.165, 1.54) is 12.8 Å². The molecule has 0 radical (unpaired) electrons. The Morgan fingerprint density at radius 2 is 2.06 bits per heavy atom. The highest BCUT2D eigenvalue weighted by atomic mass is 79.9. The summed E-state index contributed by atoms with van der Waals surface area (Å²) in [7, 11) is 0. The molecule has 0 amide bonds. The molecule has 1 fully saturated rings. The van der Waals surface area contributed by atoms with Gasteiger partial charge in [0.05, 0.1) is 12.2 Å². The summed E-state index contributed by atoms with van der Waals surface area (Å²) in [5.74, 6) is -0.249. The van der Waals surface area contributed by atoms with Crippen LogP contribution in [0.15, 0.2) is 22.7 Å². The lowest BCUT2D eigenvalue weighted by molar-refractivity contribution is 0.0526. The summed E-state index contributed by atoms with van der Waals surface area (Å²) in [4.78, 5) is 14.1. The summed E-state index contributed by atoms with van der Waals surface area (Å²) in [5, 5.41) is 0. The van der Waals surface area contributed by atoms with Gasteiger partial charge in [-0.15, -0.1) is 0 Å². The number of esters is 1. The lowest BCUT2D eigenvalue weighted by Crippen LogP contribution is -2.18. The minimum atomic E-state index is -0.249. The summed E-state index contributed by atoms with van der Waals surface area (Å²) in [6.45, 7) is 5.45. The monoisotopic (exact) mass is 311 g/mol. The van der Waals surface area contributed by atoms with Crippen molar-refractivity contribution in [2.75, 3.05) is 19.7 Å². The van der Waals surface area contributed by atoms with Gasteiger partial charge in [0, 0.05) is 11.0 Å². The van der Waals surface area contributed by atoms with Gasteiger partial charge >= 0.3 is 5.97 Å². The summed E-state index contributed by atoms with van der Waals surface area (Å²) in [6, 6.07) is 5.81. The molecular formula is C14H18BrNO2. The third-order valence-electron chi connectivity index (χ3n) is 3.07. The van der Waals surface area contributed by atoms with Crippen LogP contribution in [-0.4, -0.2) is 30.6 Å². The van der Waals surface area contributed by atoms with E-state index in [0.29, 0.717) is 12.2 Å². The number of carbonyl (C=O) groups excluding carboxylic acids is 1. The minimum absolute atomic E-state index is 0.249. The van der Waals surface area contributed by atoms with Crippen molar-refractivity contribution in [3.8, 4) is 0 Å². The van der Waals surface area contributed by atoms with Gasteiger partial charge in [-0.1, -0.05) is 15.9 Å². The molecule has 0 aliphatic carbocycles. The number of hydrogen-bond acceptors (Lipinski definition) is 3. The third kappa shape index (κ3) is 3.56. The van der Waals surface area contributed by atoms with Crippen LogP contribution < -0.4 is 0 Å². The van der Waals surface area contributed by atoms with Gasteiger partial charge in [-0.25, -0.2) is 4.79 Å². The average Bonchev–Trinajstić information content (AvgIpc) is 2.81. The third-order valence-corrected chi connectivity index (χ3v) is 3.53. The van der Waals surface area contributed by atoms with Gasteiger partial charge in [-0.05, 0) is 56.6 Å². The Labute approximate surface area is 116 Å². The molecule has 0 unspecified atom stereocenters. The largest absolute Gasteiger partial charge is 0.462 e. The molecule has 1 heterocycles. The highest BCUT2D eigenvalue weighted by molar-refractivity contribution is 9.10. The molecule has 1 aliphatic heterocycles. The molecule has 4 heteroatoms. The minimum Gasteiger partial charge on any atom is -0.462 e. The average molecular weight is 312 g/mol. The standard InChI is InChI=1S/C14H18BrNO2/c1-2-18-14(17)12-7-11(8-13(15)9-12)10-16-5-3-4-6-16/h7-9H,2-6,10H2,1H3. The molecule has 3 nitrogen and oxygen atoms in total. The first kappa shape index (κ1) is 13.6. The van der Waals surface area contributed by atoms with Crippen LogP contribution in [0.2, 0.25) is 0 Å². The van der Waals surface area contributed by atoms with Gasteiger partial charge in [-0.3, -0.25) is 4.90 Å². The first-order valence-corrected chi connectivity index (χ1v) is 7.17. The van der Waals surface area contributed by atoms with Crippen molar-refractivity contribution in [2.24, 2.45) is 0 Å². The lowest BCUT2D eigenvalue weighted by Gasteiger charge is -2.15. The van der Waals surface area contributed by atoms with Crippen molar-refractivity contribution in [1.29, 1.82) is 0 Å². The van der Waals surface area contributed by atoms with Crippen LogP contribution in [0, 0.1) is 0 Å². The topological polar surface area (TPSA) is 29.5 Å². The maximum absolute atomic E-state index is 11.7. The van der Waals surface area contributed by atoms with Crippen molar-refractivity contribution in [3.63, 3.8) is 0 Å². The van der Waals surface area contributed by atoms with Gasteiger partial charge in [0.25, 0.3) is 0 Å². The second-order valence-corrected chi connectivity index (χ2v) is 5.47. The molecule has 98 valence electrons. The highest BCUT2D eigenvalue weighted by Gasteiger charge is 2.14. The number of halogens is 1. The molecule has 1 aromatic rings. The lowest BCUT2D eigenvalue weighted by atomic mass is 10.1. The Morgan fingerprint density at radius 1 is 1.33 bits per heavy atom. The zero-order valence-corrected chi connectivity index (χ0v) is 12.2. The molecule has 0 saturated carbocycles. The number of carbonyl (C=O) groups is 1. The van der Waals surface area contributed by atoms with E-state index in [4.69, 9.17) is 4.74 Å². The fourth-order valence-electron chi connectivity index (χ4n) is 2.27. The summed E-state index contributed by atoms with van der Waals surface area (Å²) in [6.07, 6.45) is 2.55. The van der Waals surface area contributed by atoms with Crippen LogP contribution in [0.5, 0.6) is 0 Å². The zero-order chi connectivity index (χ0) is 13.0. The SMILES string of the molecule is CCOC(=O)c1cc(Br)cc(CN2CCCC2)c1. The van der Waals surface area contributed by atoms with Crippen molar-refractivity contribution in [2.45, 2.75) is 26.3 Å². The van der Waals surface area contributed by atoms with E-state index in [1.807, 2.05) is 19.1 Å². The van der Waals surface area contributed by atoms with Crippen LogP contribution >= 0.6 is 15.9 Å². The van der Waals surface area contributed by atoms with Crippen LogP contribution in [-0.2, 0) is 11.3 Å². The summed E-state index contributed by atoms with van der Waals surface area (Å²) < 4.78 is 5.97. The predicted molar refractivity (Wildman–Crippen MR) is 74.6 cm³/mol. The Hall–Kier alpha value is -0.870. The maximum atomic E-state index is 11.7. The molecule has 0 spiro atoms. The summed E-state index contributed by atoms with van der Waals surface area (Å²) >= 11 is 3.46. The van der Waals surface area contributed by atoms with E-state index in [-0.39, 0.29) is 5.97 Å². The fourth-order valence-corrected chi connectivity index (χ4v) is 2.81. The Morgan fingerprint density at radius 3 is 2.72 bits per heavy atom. The van der Waals surface area contributed by atoms with E-state index in [1.54, 1.807) is 0 Å². The van der Waals surface area contributed by atoms with Gasteiger partial charge in [0.15, 0.2) is 0 Å². The molecule has 1 saturated heterocycles. The molecule has 2 rings (SSSR count). The van der Waals surface area contributed by atoms with E-state index < -0.39 is 0 Å². The van der Waals surface area contributed by atoms with Gasteiger partial charge < -0.3 is 4.74 Å². The molecule has 1 aromatic carbocycles. The zero-order valence-electron chi connectivity index (χ0n) is 10.6. The Kier molecular flexibility index (Phi) is 4.78. The first-order valence-electron chi connectivity index (χ1n) is 6.38. The van der Waals surface area contributed by atoms with Crippen LogP contribution in [0.25, 0.3) is 0 Å². The Bertz CT molecular complexity index is 428. The van der Waals surface area contributed by atoms with E-state index >= 15 is 0 Å². The van der Waals surface area contributed by atoms with Crippen LogP contribution in [0.1, 0.15) is 35.7 Å². The molecule has 0 N–H and O–H groups in total. The normalized spacial score (nSPS) is 15.9. The highest BCUT2D eigenvalue weighted by Crippen LogP contribution is 2.20. The summed E-state index contributed by atoms with van der Waals surface area (Å²) in [5.41, 5.74) is 1.79. The van der Waals surface area contributed by atoms with E-state index in [9.17, 15) is 4.79 Å². The maximum Gasteiger partial charge on any atom is 0.338 e. The molecule has 1 aliphatic rings. The van der Waals surface area contributed by atoms with Crippen molar-refractivity contribution in [3.05, 3.63) is 33.8 Å².